The third kappa shape index (κ3) is 6.26. The van der Waals surface area contributed by atoms with Gasteiger partial charge in [-0.1, -0.05) is 202 Å². The Hall–Kier alpha value is -8.21. The predicted molar refractivity (Wildman–Crippen MR) is 264 cm³/mol. The topological polar surface area (TPSA) is 43.6 Å². The lowest BCUT2D eigenvalue weighted by Gasteiger charge is -2.21. The quantitative estimate of drug-likeness (QED) is 0.161. The summed E-state index contributed by atoms with van der Waals surface area (Å²) in [5, 5.41) is 2.43. The van der Waals surface area contributed by atoms with Crippen molar-refractivity contribution in [1.29, 1.82) is 0 Å². The van der Waals surface area contributed by atoms with Crippen LogP contribution in [0.3, 0.4) is 0 Å². The van der Waals surface area contributed by atoms with E-state index in [-0.39, 0.29) is 5.41 Å². The van der Waals surface area contributed by atoms with Gasteiger partial charge in [-0.25, -0.2) is 15.0 Å². The standard InChI is InChI=1S/C60H42N4/c1-60(2)52-26-13-12-24-50(52)56-48(25-15-27-53(56)60)46-33-35-54-51(37-46)49-34-32-45(38-55(49)64(54)47-23-14-22-44(36-47)39-16-6-3-7-17-39)40-28-30-43(31-29-40)59-62-57(41-18-8-4-9-19-41)61-58(63-59)42-20-10-5-11-21-42/h3-38H,1-2H3. The van der Waals surface area contributed by atoms with Crippen LogP contribution in [0, 0.1) is 0 Å². The zero-order valence-electron chi connectivity index (χ0n) is 35.6. The Balaban J connectivity index is 0.999. The third-order valence-electron chi connectivity index (χ3n) is 13.1. The molecule has 4 heteroatoms. The Morgan fingerprint density at radius 3 is 1.50 bits per heavy atom. The van der Waals surface area contributed by atoms with Crippen molar-refractivity contribution in [1.82, 2.24) is 19.5 Å². The molecule has 12 rings (SSSR count). The van der Waals surface area contributed by atoms with Crippen LogP contribution in [-0.4, -0.2) is 19.5 Å². The molecule has 1 aliphatic rings. The summed E-state index contributed by atoms with van der Waals surface area (Å²) in [7, 11) is 0. The van der Waals surface area contributed by atoms with Crippen molar-refractivity contribution < 1.29 is 0 Å². The number of nitrogens with zero attached hydrogens (tertiary/aromatic N) is 4. The van der Waals surface area contributed by atoms with Crippen LogP contribution in [0.5, 0.6) is 0 Å². The first-order chi connectivity index (χ1) is 31.5. The fourth-order valence-corrected chi connectivity index (χ4v) is 9.85. The van der Waals surface area contributed by atoms with E-state index in [4.69, 9.17) is 15.0 Å². The molecule has 2 heterocycles. The maximum Gasteiger partial charge on any atom is 0.164 e. The molecule has 0 N–H and O–H groups in total. The van der Waals surface area contributed by atoms with Crippen molar-refractivity contribution in [2.45, 2.75) is 19.3 Å². The van der Waals surface area contributed by atoms with Crippen LogP contribution in [0.1, 0.15) is 25.0 Å². The van der Waals surface area contributed by atoms with Gasteiger partial charge in [0.15, 0.2) is 17.5 Å². The van der Waals surface area contributed by atoms with Gasteiger partial charge in [-0.2, -0.15) is 0 Å². The highest BCUT2D eigenvalue weighted by Crippen LogP contribution is 2.52. The lowest BCUT2D eigenvalue weighted by atomic mass is 9.82. The minimum atomic E-state index is -0.0675. The highest BCUT2D eigenvalue weighted by molar-refractivity contribution is 6.12. The molecule has 1 aliphatic carbocycles. The molecule has 0 aliphatic heterocycles. The number of aromatic nitrogens is 4. The van der Waals surface area contributed by atoms with Gasteiger partial charge < -0.3 is 4.57 Å². The number of hydrogen-bond donors (Lipinski definition) is 0. The Morgan fingerprint density at radius 2 is 0.812 bits per heavy atom. The fourth-order valence-electron chi connectivity index (χ4n) is 9.85. The first-order valence-corrected chi connectivity index (χ1v) is 21.9. The molecule has 302 valence electrons. The zero-order chi connectivity index (χ0) is 42.8. The number of fused-ring (bicyclic) bond motifs is 6. The van der Waals surface area contributed by atoms with E-state index in [2.05, 4.69) is 176 Å². The molecule has 9 aromatic carbocycles. The largest absolute Gasteiger partial charge is 0.309 e. The Labute approximate surface area is 372 Å². The summed E-state index contributed by atoms with van der Waals surface area (Å²) in [6.45, 7) is 4.70. The van der Waals surface area contributed by atoms with Crippen molar-refractivity contribution in [2.75, 3.05) is 0 Å². The fraction of sp³-hybridized carbons (Fsp3) is 0.0500. The highest BCUT2D eigenvalue weighted by atomic mass is 15.0. The molecular formula is C60H42N4. The summed E-state index contributed by atoms with van der Waals surface area (Å²) in [5.41, 5.74) is 18.8. The van der Waals surface area contributed by atoms with Crippen molar-refractivity contribution in [2.24, 2.45) is 0 Å². The number of hydrogen-bond acceptors (Lipinski definition) is 3. The molecule has 0 amide bonds. The third-order valence-corrected chi connectivity index (χ3v) is 13.1. The van der Waals surface area contributed by atoms with E-state index in [1.807, 2.05) is 60.7 Å². The van der Waals surface area contributed by atoms with Gasteiger partial charge in [-0.05, 0) is 86.0 Å². The second-order valence-electron chi connectivity index (χ2n) is 17.2. The average Bonchev–Trinajstić information content (AvgIpc) is 3.82. The van der Waals surface area contributed by atoms with E-state index in [1.165, 1.54) is 60.8 Å². The van der Waals surface area contributed by atoms with E-state index in [9.17, 15) is 0 Å². The van der Waals surface area contributed by atoms with E-state index in [1.54, 1.807) is 0 Å². The molecule has 0 unspecified atom stereocenters. The van der Waals surface area contributed by atoms with E-state index in [0.717, 1.165) is 39.0 Å². The van der Waals surface area contributed by atoms with Crippen LogP contribution < -0.4 is 0 Å². The summed E-state index contributed by atoms with van der Waals surface area (Å²) < 4.78 is 2.44. The molecule has 0 spiro atoms. The minimum absolute atomic E-state index is 0.0675. The maximum atomic E-state index is 4.98. The molecule has 4 nitrogen and oxygen atoms in total. The molecule has 0 bridgehead atoms. The predicted octanol–water partition coefficient (Wildman–Crippen LogP) is 15.3. The average molecular weight is 819 g/mol. The Morgan fingerprint density at radius 1 is 0.328 bits per heavy atom. The smallest absolute Gasteiger partial charge is 0.164 e. The molecule has 2 aromatic heterocycles. The first kappa shape index (κ1) is 37.5. The van der Waals surface area contributed by atoms with E-state index in [0.29, 0.717) is 17.5 Å². The molecule has 11 aromatic rings. The van der Waals surface area contributed by atoms with Gasteiger partial charge in [0.25, 0.3) is 0 Å². The SMILES string of the molecule is CC1(C)c2ccccc2-c2c(-c3ccc4c(c3)c3ccc(-c5ccc(-c6nc(-c7ccccc7)nc(-c7ccccc7)n6)cc5)cc3n4-c3cccc(-c4ccccc4)c3)cccc21. The van der Waals surface area contributed by atoms with Gasteiger partial charge in [0.2, 0.25) is 0 Å². The molecule has 0 saturated carbocycles. The normalized spacial score (nSPS) is 12.7. The summed E-state index contributed by atoms with van der Waals surface area (Å²) in [6.07, 6.45) is 0. The van der Waals surface area contributed by atoms with E-state index >= 15 is 0 Å². The van der Waals surface area contributed by atoms with Gasteiger partial charge in [-0.15, -0.1) is 0 Å². The number of rotatable bonds is 7. The lowest BCUT2D eigenvalue weighted by molar-refractivity contribution is 0.660. The summed E-state index contributed by atoms with van der Waals surface area (Å²) in [6, 6.07) is 78.1. The van der Waals surface area contributed by atoms with Gasteiger partial charge in [0.1, 0.15) is 0 Å². The first-order valence-electron chi connectivity index (χ1n) is 21.9. The van der Waals surface area contributed by atoms with Crippen LogP contribution in [0.15, 0.2) is 218 Å². The molecule has 0 atom stereocenters. The Kier molecular flexibility index (Phi) is 8.80. The molecule has 0 fully saturated rings. The lowest BCUT2D eigenvalue weighted by Crippen LogP contribution is -2.14. The molecule has 0 radical (unpaired) electrons. The van der Waals surface area contributed by atoms with Gasteiger partial charge in [0, 0.05) is 38.6 Å². The summed E-state index contributed by atoms with van der Waals surface area (Å²) >= 11 is 0. The van der Waals surface area contributed by atoms with Crippen LogP contribution in [-0.2, 0) is 5.41 Å². The van der Waals surface area contributed by atoms with Crippen LogP contribution >= 0.6 is 0 Å². The van der Waals surface area contributed by atoms with Crippen molar-refractivity contribution >= 4 is 21.8 Å². The monoisotopic (exact) mass is 818 g/mol. The zero-order valence-corrected chi connectivity index (χ0v) is 35.6. The number of benzene rings is 9. The summed E-state index contributed by atoms with van der Waals surface area (Å²) in [4.78, 5) is 14.9. The van der Waals surface area contributed by atoms with Crippen LogP contribution in [0.2, 0.25) is 0 Å². The molecule has 0 saturated heterocycles. The van der Waals surface area contributed by atoms with Crippen molar-refractivity contribution in [3.8, 4) is 84.4 Å². The van der Waals surface area contributed by atoms with Gasteiger partial charge in [-0.3, -0.25) is 0 Å². The van der Waals surface area contributed by atoms with Crippen molar-refractivity contribution in [3.05, 3.63) is 230 Å². The van der Waals surface area contributed by atoms with Crippen LogP contribution in [0.4, 0.5) is 0 Å². The minimum Gasteiger partial charge on any atom is -0.309 e. The van der Waals surface area contributed by atoms with Gasteiger partial charge >= 0.3 is 0 Å². The van der Waals surface area contributed by atoms with Crippen molar-refractivity contribution in [3.63, 3.8) is 0 Å². The molecule has 64 heavy (non-hydrogen) atoms. The Bertz CT molecular complexity index is 3490. The second-order valence-corrected chi connectivity index (χ2v) is 17.2. The van der Waals surface area contributed by atoms with Crippen LogP contribution in [0.25, 0.3) is 106 Å². The molecular weight excluding hydrogens is 777 g/mol. The van der Waals surface area contributed by atoms with Gasteiger partial charge in [0.05, 0.1) is 11.0 Å². The maximum absolute atomic E-state index is 4.98. The highest BCUT2D eigenvalue weighted by Gasteiger charge is 2.36. The summed E-state index contributed by atoms with van der Waals surface area (Å²) in [5.74, 6) is 1.94. The van der Waals surface area contributed by atoms with E-state index < -0.39 is 0 Å². The second kappa shape index (κ2) is 15.0.